The van der Waals surface area contributed by atoms with Gasteiger partial charge in [-0.25, -0.2) is 4.98 Å². The summed E-state index contributed by atoms with van der Waals surface area (Å²) in [5, 5.41) is 2.95. The van der Waals surface area contributed by atoms with Crippen LogP contribution in [0.25, 0.3) is 11.0 Å². The van der Waals surface area contributed by atoms with Crippen molar-refractivity contribution in [2.45, 2.75) is 33.2 Å². The number of nitrogens with zero attached hydrogens (tertiary/aromatic N) is 2. The van der Waals surface area contributed by atoms with E-state index in [2.05, 4.69) is 14.9 Å². The fraction of sp³-hybridized carbons (Fsp3) is 0.318. The Balaban J connectivity index is 1.36. The van der Waals surface area contributed by atoms with Gasteiger partial charge in [0.2, 0.25) is 5.91 Å². The maximum Gasteiger partial charge on any atom is 0.220 e. The number of benzene rings is 2. The number of carbonyl (C=O) groups excluding carboxylic acids is 2. The first-order valence-corrected chi connectivity index (χ1v) is 9.47. The average Bonchev–Trinajstić information content (AvgIpc) is 3.01. The van der Waals surface area contributed by atoms with E-state index in [4.69, 9.17) is 4.74 Å². The first-order chi connectivity index (χ1) is 13.5. The van der Waals surface area contributed by atoms with Crippen LogP contribution in [0, 0.1) is 6.92 Å². The van der Waals surface area contributed by atoms with Crippen molar-refractivity contribution in [1.29, 1.82) is 0 Å². The van der Waals surface area contributed by atoms with Gasteiger partial charge < -0.3 is 14.6 Å². The van der Waals surface area contributed by atoms with E-state index < -0.39 is 0 Å². The molecule has 3 aromatic rings. The topological polar surface area (TPSA) is 73.2 Å². The highest BCUT2D eigenvalue weighted by molar-refractivity contribution is 5.94. The molecule has 146 valence electrons. The number of ketones is 1. The number of aromatic nitrogens is 2. The summed E-state index contributed by atoms with van der Waals surface area (Å²) in [6.07, 6.45) is 1.04. The maximum absolute atomic E-state index is 12.0. The molecule has 1 heterocycles. The molecule has 0 aliphatic carbocycles. The summed E-state index contributed by atoms with van der Waals surface area (Å²) in [6, 6.07) is 15.0. The molecule has 0 saturated heterocycles. The Morgan fingerprint density at radius 2 is 1.86 bits per heavy atom. The van der Waals surface area contributed by atoms with E-state index in [1.807, 2.05) is 31.2 Å². The number of carbonyl (C=O) groups is 2. The molecule has 3 rings (SSSR count). The highest BCUT2D eigenvalue weighted by atomic mass is 16.5. The second-order valence-electron chi connectivity index (χ2n) is 6.68. The van der Waals surface area contributed by atoms with Crippen LogP contribution in [0.15, 0.2) is 48.5 Å². The molecular formula is C22H25N3O3. The van der Waals surface area contributed by atoms with Gasteiger partial charge >= 0.3 is 0 Å². The third-order valence-corrected chi connectivity index (χ3v) is 4.58. The molecule has 0 aliphatic rings. The number of nitrogens with one attached hydrogen (secondary N) is 1. The van der Waals surface area contributed by atoms with Crippen molar-refractivity contribution in [1.82, 2.24) is 14.9 Å². The van der Waals surface area contributed by atoms with Crippen molar-refractivity contribution in [3.05, 3.63) is 59.9 Å². The lowest BCUT2D eigenvalue weighted by Crippen LogP contribution is -2.27. The fourth-order valence-corrected chi connectivity index (χ4v) is 3.08. The largest absolute Gasteiger partial charge is 0.494 e. The molecule has 1 amide bonds. The molecule has 0 radical (unpaired) electrons. The molecule has 1 N–H and O–H groups in total. The van der Waals surface area contributed by atoms with E-state index >= 15 is 0 Å². The molecule has 1 aromatic heterocycles. The van der Waals surface area contributed by atoms with E-state index in [-0.39, 0.29) is 11.7 Å². The molecule has 2 aromatic carbocycles. The third kappa shape index (κ3) is 4.97. The van der Waals surface area contributed by atoms with E-state index in [0.717, 1.165) is 16.9 Å². The highest BCUT2D eigenvalue weighted by Gasteiger charge is 2.07. The molecule has 0 fully saturated rings. The number of amides is 1. The number of hydrogen-bond acceptors (Lipinski definition) is 4. The molecule has 0 bridgehead atoms. The van der Waals surface area contributed by atoms with Gasteiger partial charge in [0, 0.05) is 25.1 Å². The van der Waals surface area contributed by atoms with Crippen LogP contribution in [0.2, 0.25) is 0 Å². The second-order valence-corrected chi connectivity index (χ2v) is 6.68. The fourth-order valence-electron chi connectivity index (χ4n) is 3.08. The summed E-state index contributed by atoms with van der Waals surface area (Å²) < 4.78 is 7.73. The van der Waals surface area contributed by atoms with Gasteiger partial charge in [-0.1, -0.05) is 12.1 Å². The Hall–Kier alpha value is -3.15. The molecule has 0 aliphatic heterocycles. The monoisotopic (exact) mass is 379 g/mol. The number of imidazole rings is 1. The molecule has 0 spiro atoms. The molecule has 28 heavy (non-hydrogen) atoms. The quantitative estimate of drug-likeness (QED) is 0.456. The molecule has 6 nitrogen and oxygen atoms in total. The Labute approximate surface area is 164 Å². The van der Waals surface area contributed by atoms with Gasteiger partial charge in [0.15, 0.2) is 5.78 Å². The molecular weight excluding hydrogens is 354 g/mol. The van der Waals surface area contributed by atoms with Crippen molar-refractivity contribution < 1.29 is 14.3 Å². The van der Waals surface area contributed by atoms with Crippen LogP contribution in [0.1, 0.15) is 35.9 Å². The van der Waals surface area contributed by atoms with Crippen LogP contribution in [-0.2, 0) is 11.3 Å². The zero-order valence-electron chi connectivity index (χ0n) is 16.3. The molecule has 6 heteroatoms. The summed E-state index contributed by atoms with van der Waals surface area (Å²) in [5.74, 6) is 1.69. The van der Waals surface area contributed by atoms with E-state index in [9.17, 15) is 9.59 Å². The number of hydrogen-bond donors (Lipinski definition) is 1. The first kappa shape index (κ1) is 19.6. The van der Waals surface area contributed by atoms with Crippen molar-refractivity contribution in [3.63, 3.8) is 0 Å². The summed E-state index contributed by atoms with van der Waals surface area (Å²) in [5.41, 5.74) is 2.71. The minimum absolute atomic E-state index is 0.0117. The number of para-hydroxylation sites is 2. The number of rotatable bonds is 9. The summed E-state index contributed by atoms with van der Waals surface area (Å²) in [4.78, 5) is 27.8. The molecule has 0 saturated carbocycles. The van der Waals surface area contributed by atoms with Crippen LogP contribution in [-0.4, -0.2) is 34.4 Å². The van der Waals surface area contributed by atoms with Gasteiger partial charge in [0.25, 0.3) is 0 Å². The third-order valence-electron chi connectivity index (χ3n) is 4.58. The zero-order valence-corrected chi connectivity index (χ0v) is 16.3. The summed E-state index contributed by atoms with van der Waals surface area (Å²) in [7, 11) is 0. The van der Waals surface area contributed by atoms with Gasteiger partial charge in [0.05, 0.1) is 17.6 Å². The van der Waals surface area contributed by atoms with Crippen LogP contribution < -0.4 is 10.1 Å². The van der Waals surface area contributed by atoms with Crippen LogP contribution in [0.3, 0.4) is 0 Å². The number of Topliss-reactive ketones (excluding diaryl/α,β-unsaturated/α-hetero) is 1. The summed E-state index contributed by atoms with van der Waals surface area (Å²) >= 11 is 0. The minimum atomic E-state index is 0.0117. The zero-order chi connectivity index (χ0) is 19.9. The smallest absolute Gasteiger partial charge is 0.220 e. The van der Waals surface area contributed by atoms with Gasteiger partial charge in [-0.15, -0.1) is 0 Å². The SMILES string of the molecule is CC(=O)c1ccc(OCCCC(=O)NCCn2c(C)nc3ccccc32)cc1. The van der Waals surface area contributed by atoms with Crippen LogP contribution in [0.5, 0.6) is 5.75 Å². The lowest BCUT2D eigenvalue weighted by atomic mass is 10.1. The number of ether oxygens (including phenoxy) is 1. The number of fused-ring (bicyclic) bond motifs is 1. The van der Waals surface area contributed by atoms with Gasteiger partial charge in [-0.2, -0.15) is 0 Å². The Morgan fingerprint density at radius 3 is 2.61 bits per heavy atom. The standard InChI is InChI=1S/C22H25N3O3/c1-16(26)18-9-11-19(12-10-18)28-15-5-8-22(27)23-13-14-25-17(2)24-20-6-3-4-7-21(20)25/h3-4,6-7,9-12H,5,8,13-15H2,1-2H3,(H,23,27). The Kier molecular flexibility index (Phi) is 6.42. The van der Waals surface area contributed by atoms with Crippen molar-refractivity contribution >= 4 is 22.7 Å². The minimum Gasteiger partial charge on any atom is -0.494 e. The van der Waals surface area contributed by atoms with E-state index in [1.54, 1.807) is 24.3 Å². The predicted octanol–water partition coefficient (Wildman–Crippen LogP) is 3.52. The van der Waals surface area contributed by atoms with Crippen LogP contribution in [0.4, 0.5) is 0 Å². The van der Waals surface area contributed by atoms with E-state index in [1.165, 1.54) is 6.92 Å². The van der Waals surface area contributed by atoms with Crippen molar-refractivity contribution in [2.75, 3.05) is 13.2 Å². The summed E-state index contributed by atoms with van der Waals surface area (Å²) in [6.45, 7) is 5.22. The number of aryl methyl sites for hydroxylation is 1. The maximum atomic E-state index is 12.0. The predicted molar refractivity (Wildman–Crippen MR) is 109 cm³/mol. The van der Waals surface area contributed by atoms with Crippen LogP contribution >= 0.6 is 0 Å². The first-order valence-electron chi connectivity index (χ1n) is 9.47. The highest BCUT2D eigenvalue weighted by Crippen LogP contribution is 2.15. The Bertz CT molecular complexity index is 961. The van der Waals surface area contributed by atoms with Gasteiger partial charge in [0.1, 0.15) is 11.6 Å². The van der Waals surface area contributed by atoms with Gasteiger partial charge in [-0.3, -0.25) is 9.59 Å². The lowest BCUT2D eigenvalue weighted by molar-refractivity contribution is -0.121. The second kappa shape index (κ2) is 9.17. The molecule has 0 atom stereocenters. The Morgan fingerprint density at radius 1 is 1.11 bits per heavy atom. The lowest BCUT2D eigenvalue weighted by Gasteiger charge is -2.09. The van der Waals surface area contributed by atoms with Crippen molar-refractivity contribution in [3.8, 4) is 5.75 Å². The van der Waals surface area contributed by atoms with E-state index in [0.29, 0.717) is 43.9 Å². The normalized spacial score (nSPS) is 10.8. The van der Waals surface area contributed by atoms with Crippen molar-refractivity contribution in [2.24, 2.45) is 0 Å². The van der Waals surface area contributed by atoms with Gasteiger partial charge in [-0.05, 0) is 56.7 Å². The molecule has 0 unspecified atom stereocenters. The average molecular weight is 379 g/mol.